The maximum atomic E-state index is 13.2. The lowest BCUT2D eigenvalue weighted by Gasteiger charge is -2.29. The molecule has 0 bridgehead atoms. The molecule has 0 atom stereocenters. The standard InChI is InChI=1S/C26H33N7O2/c1-5-19(17-30-26(28)29)23(27)16-20-10-11-31(3)25(34)24(20)18(2)32(4)21-6-8-22(9-7-21)33-12-14-35-15-13-33/h5-11,16-17H,1-2,12-15,27H2,3-4H3,(H4,28,29,30)/b19-17+,23-16-. The van der Waals surface area contributed by atoms with Gasteiger partial charge in [0.2, 0.25) is 0 Å². The molecule has 3 rings (SSSR count). The summed E-state index contributed by atoms with van der Waals surface area (Å²) in [6, 6.07) is 9.97. The van der Waals surface area contributed by atoms with Crippen LogP contribution in [0.2, 0.25) is 0 Å². The normalized spacial score (nSPS) is 14.4. The minimum atomic E-state index is -0.193. The summed E-state index contributed by atoms with van der Waals surface area (Å²) in [4.78, 5) is 21.2. The zero-order valence-electron chi connectivity index (χ0n) is 20.3. The van der Waals surface area contributed by atoms with E-state index in [4.69, 9.17) is 21.9 Å². The van der Waals surface area contributed by atoms with Crippen LogP contribution in [0.1, 0.15) is 11.1 Å². The Labute approximate surface area is 205 Å². The van der Waals surface area contributed by atoms with Gasteiger partial charge in [-0.2, -0.15) is 0 Å². The van der Waals surface area contributed by atoms with Gasteiger partial charge in [0.15, 0.2) is 5.96 Å². The highest BCUT2D eigenvalue weighted by molar-refractivity contribution is 5.83. The number of guanidine groups is 1. The molecule has 2 heterocycles. The molecule has 35 heavy (non-hydrogen) atoms. The number of nitrogens with two attached hydrogens (primary N) is 3. The summed E-state index contributed by atoms with van der Waals surface area (Å²) in [6.07, 6.45) is 6.33. The molecular weight excluding hydrogens is 442 g/mol. The van der Waals surface area contributed by atoms with Crippen molar-refractivity contribution in [3.63, 3.8) is 0 Å². The smallest absolute Gasteiger partial charge is 0.260 e. The number of anilines is 2. The van der Waals surface area contributed by atoms with Crippen molar-refractivity contribution in [1.29, 1.82) is 0 Å². The van der Waals surface area contributed by atoms with Crippen LogP contribution < -0.4 is 32.6 Å². The molecule has 0 spiro atoms. The summed E-state index contributed by atoms with van der Waals surface area (Å²) >= 11 is 0. The molecular formula is C26H33N7O2. The predicted molar refractivity (Wildman–Crippen MR) is 145 cm³/mol. The number of hydrogen-bond acceptors (Lipinski definition) is 6. The molecule has 0 radical (unpaired) electrons. The second-order valence-electron chi connectivity index (χ2n) is 8.13. The molecule has 0 saturated carbocycles. The van der Waals surface area contributed by atoms with Crippen LogP contribution in [0.15, 0.2) is 83.0 Å². The summed E-state index contributed by atoms with van der Waals surface area (Å²) < 4.78 is 6.94. The summed E-state index contributed by atoms with van der Waals surface area (Å²) in [7, 11) is 3.57. The van der Waals surface area contributed by atoms with Gasteiger partial charge in [-0.25, -0.2) is 4.99 Å². The first kappa shape index (κ1) is 25.4. The van der Waals surface area contributed by atoms with E-state index in [-0.39, 0.29) is 11.5 Å². The van der Waals surface area contributed by atoms with Gasteiger partial charge in [-0.3, -0.25) is 4.79 Å². The molecule has 0 amide bonds. The third kappa shape index (κ3) is 6.01. The number of aryl methyl sites for hydroxylation is 1. The van der Waals surface area contributed by atoms with Crippen LogP contribution in [0.25, 0.3) is 11.8 Å². The Hall–Kier alpha value is -4.24. The van der Waals surface area contributed by atoms with E-state index in [1.54, 1.807) is 19.3 Å². The van der Waals surface area contributed by atoms with Gasteiger partial charge in [-0.15, -0.1) is 0 Å². The van der Waals surface area contributed by atoms with Crippen molar-refractivity contribution in [2.24, 2.45) is 29.2 Å². The fraction of sp³-hybridized carbons (Fsp3) is 0.231. The number of aromatic nitrogens is 1. The summed E-state index contributed by atoms with van der Waals surface area (Å²) in [5.74, 6) is -0.0962. The molecule has 1 fully saturated rings. The van der Waals surface area contributed by atoms with Gasteiger partial charge >= 0.3 is 0 Å². The third-order valence-corrected chi connectivity index (χ3v) is 5.82. The van der Waals surface area contributed by atoms with Crippen LogP contribution in [0.3, 0.4) is 0 Å². The number of allylic oxidation sites excluding steroid dienone is 1. The van der Waals surface area contributed by atoms with E-state index in [0.717, 1.165) is 37.7 Å². The molecule has 9 nitrogen and oxygen atoms in total. The fourth-order valence-corrected chi connectivity index (χ4v) is 3.73. The maximum absolute atomic E-state index is 13.2. The molecule has 1 saturated heterocycles. The molecule has 9 heteroatoms. The van der Waals surface area contributed by atoms with E-state index in [1.165, 1.54) is 16.8 Å². The van der Waals surface area contributed by atoms with E-state index >= 15 is 0 Å². The summed E-state index contributed by atoms with van der Waals surface area (Å²) in [6.45, 7) is 11.2. The topological polar surface area (TPSA) is 128 Å². The Kier molecular flexibility index (Phi) is 8.17. The van der Waals surface area contributed by atoms with Gasteiger partial charge in [0.25, 0.3) is 5.56 Å². The largest absolute Gasteiger partial charge is 0.398 e. The number of hydrogen-bond donors (Lipinski definition) is 3. The number of morpholine rings is 1. The lowest BCUT2D eigenvalue weighted by Crippen LogP contribution is -2.36. The molecule has 6 N–H and O–H groups in total. The van der Waals surface area contributed by atoms with Crippen molar-refractivity contribution >= 4 is 29.1 Å². The van der Waals surface area contributed by atoms with Gasteiger partial charge in [0.1, 0.15) is 0 Å². The molecule has 184 valence electrons. The SMILES string of the molecule is C=CC(=C\N=C(N)N)/C(N)=C/c1ccn(C)c(=O)c1C(=C)N(C)c1ccc(N2CCOCC2)cc1. The predicted octanol–water partition coefficient (Wildman–Crippen LogP) is 1.97. The number of pyridine rings is 1. The van der Waals surface area contributed by atoms with Crippen LogP contribution in [0.4, 0.5) is 11.4 Å². The zero-order valence-corrected chi connectivity index (χ0v) is 20.3. The van der Waals surface area contributed by atoms with Crippen molar-refractivity contribution in [3.8, 4) is 0 Å². The average molecular weight is 476 g/mol. The number of ether oxygens (including phenoxy) is 1. The molecule has 0 unspecified atom stereocenters. The van der Waals surface area contributed by atoms with Crippen LogP contribution in [-0.4, -0.2) is 43.9 Å². The first-order chi connectivity index (χ1) is 16.7. The van der Waals surface area contributed by atoms with Crippen molar-refractivity contribution in [3.05, 3.63) is 94.7 Å². The first-order valence-corrected chi connectivity index (χ1v) is 11.2. The Morgan fingerprint density at radius 1 is 1.14 bits per heavy atom. The molecule has 1 aromatic heterocycles. The Morgan fingerprint density at radius 2 is 1.80 bits per heavy atom. The molecule has 1 aromatic carbocycles. The van der Waals surface area contributed by atoms with Gasteiger partial charge in [0, 0.05) is 67.9 Å². The van der Waals surface area contributed by atoms with Crippen molar-refractivity contribution in [2.75, 3.05) is 43.2 Å². The van der Waals surface area contributed by atoms with Crippen LogP contribution >= 0.6 is 0 Å². The average Bonchev–Trinajstić information content (AvgIpc) is 2.86. The molecule has 0 aliphatic carbocycles. The third-order valence-electron chi connectivity index (χ3n) is 5.82. The molecule has 1 aliphatic rings. The quantitative estimate of drug-likeness (QED) is 0.302. The van der Waals surface area contributed by atoms with Crippen molar-refractivity contribution in [2.45, 2.75) is 0 Å². The van der Waals surface area contributed by atoms with E-state index in [2.05, 4.69) is 35.2 Å². The Bertz CT molecular complexity index is 1230. The van der Waals surface area contributed by atoms with Gasteiger partial charge < -0.3 is 36.3 Å². The highest BCUT2D eigenvalue weighted by Crippen LogP contribution is 2.27. The molecule has 1 aliphatic heterocycles. The van der Waals surface area contributed by atoms with Crippen molar-refractivity contribution < 1.29 is 4.74 Å². The highest BCUT2D eigenvalue weighted by Gasteiger charge is 2.17. The fourth-order valence-electron chi connectivity index (χ4n) is 3.73. The number of benzene rings is 1. The van der Waals surface area contributed by atoms with Crippen LogP contribution in [0.5, 0.6) is 0 Å². The number of rotatable bonds is 8. The lowest BCUT2D eigenvalue weighted by molar-refractivity contribution is 0.122. The second kappa shape index (κ2) is 11.3. The van der Waals surface area contributed by atoms with E-state index in [0.29, 0.717) is 28.1 Å². The van der Waals surface area contributed by atoms with Gasteiger partial charge in [0.05, 0.1) is 18.8 Å². The minimum absolute atomic E-state index is 0.0962. The van der Waals surface area contributed by atoms with E-state index < -0.39 is 0 Å². The monoisotopic (exact) mass is 475 g/mol. The van der Waals surface area contributed by atoms with E-state index in [9.17, 15) is 4.79 Å². The second-order valence-corrected chi connectivity index (χ2v) is 8.13. The zero-order chi connectivity index (χ0) is 25.5. The number of aliphatic imine (C=N–C) groups is 1. The first-order valence-electron chi connectivity index (χ1n) is 11.2. The summed E-state index contributed by atoms with van der Waals surface area (Å²) in [5, 5.41) is 0. The maximum Gasteiger partial charge on any atom is 0.260 e. The van der Waals surface area contributed by atoms with E-state index in [1.807, 2.05) is 30.1 Å². The summed E-state index contributed by atoms with van der Waals surface area (Å²) in [5.41, 5.74) is 21.4. The number of nitrogens with zero attached hydrogens (tertiary/aromatic N) is 4. The van der Waals surface area contributed by atoms with Crippen molar-refractivity contribution in [1.82, 2.24) is 4.57 Å². The van der Waals surface area contributed by atoms with Crippen LogP contribution in [0, 0.1) is 0 Å². The van der Waals surface area contributed by atoms with Crippen LogP contribution in [-0.2, 0) is 11.8 Å². The minimum Gasteiger partial charge on any atom is -0.398 e. The highest BCUT2D eigenvalue weighted by atomic mass is 16.5. The van der Waals surface area contributed by atoms with Gasteiger partial charge in [-0.1, -0.05) is 19.2 Å². The lowest BCUT2D eigenvalue weighted by atomic mass is 10.0. The van der Waals surface area contributed by atoms with Gasteiger partial charge in [-0.05, 0) is 42.0 Å². The Morgan fingerprint density at radius 3 is 2.40 bits per heavy atom. The molecule has 2 aromatic rings. The Balaban J connectivity index is 1.95.